The summed E-state index contributed by atoms with van der Waals surface area (Å²) in [6, 6.07) is 3.68. The molecule has 5 nitrogen and oxygen atoms in total. The Bertz CT molecular complexity index is 583. The average molecular weight is 288 g/mol. The first-order valence-electron chi connectivity index (χ1n) is 7.44. The molecule has 0 aromatic heterocycles. The van der Waals surface area contributed by atoms with E-state index in [1.807, 2.05) is 18.0 Å². The third-order valence-corrected chi connectivity index (χ3v) is 3.92. The third kappa shape index (κ3) is 2.48. The van der Waals surface area contributed by atoms with Crippen molar-refractivity contribution >= 4 is 17.8 Å². The summed E-state index contributed by atoms with van der Waals surface area (Å²) in [5.74, 6) is 1.26. The van der Waals surface area contributed by atoms with Gasteiger partial charge in [0, 0.05) is 18.8 Å². The number of hydrogen-bond donors (Lipinski definition) is 0. The summed E-state index contributed by atoms with van der Waals surface area (Å²) in [5.41, 5.74) is 1.26. The average Bonchev–Trinajstić information content (AvgIpc) is 2.93. The summed E-state index contributed by atoms with van der Waals surface area (Å²) in [6.45, 7) is 3.46. The number of benzene rings is 1. The largest absolute Gasteiger partial charge is 0.493 e. The fourth-order valence-electron chi connectivity index (χ4n) is 2.83. The van der Waals surface area contributed by atoms with Gasteiger partial charge in [-0.15, -0.1) is 0 Å². The molecule has 0 bridgehead atoms. The molecule has 2 aliphatic rings. The predicted molar refractivity (Wildman–Crippen MR) is 81.0 cm³/mol. The number of carbonyl (C=O) groups is 1. The van der Waals surface area contributed by atoms with Gasteiger partial charge in [0.05, 0.1) is 31.0 Å². The van der Waals surface area contributed by atoms with Crippen molar-refractivity contribution in [2.75, 3.05) is 20.3 Å². The van der Waals surface area contributed by atoms with Gasteiger partial charge in [0.25, 0.3) is 5.91 Å². The number of nitrogens with zero attached hydrogens (tertiary/aromatic N) is 2. The molecule has 1 saturated heterocycles. The Morgan fingerprint density at radius 3 is 3.00 bits per heavy atom. The number of carbonyl (C=O) groups excluding carboxylic acids is 1. The van der Waals surface area contributed by atoms with Crippen molar-refractivity contribution < 1.29 is 14.3 Å². The number of rotatable bonds is 4. The van der Waals surface area contributed by atoms with E-state index in [9.17, 15) is 4.79 Å². The second-order valence-corrected chi connectivity index (χ2v) is 5.35. The van der Waals surface area contributed by atoms with Crippen LogP contribution in [0.1, 0.15) is 36.5 Å². The van der Waals surface area contributed by atoms with Gasteiger partial charge in [-0.1, -0.05) is 6.92 Å². The number of hydrogen-bond acceptors (Lipinski definition) is 4. The zero-order chi connectivity index (χ0) is 14.8. The minimum Gasteiger partial charge on any atom is -0.493 e. The summed E-state index contributed by atoms with van der Waals surface area (Å²) >= 11 is 0. The lowest BCUT2D eigenvalue weighted by atomic mass is 10.1. The Labute approximate surface area is 124 Å². The molecule has 0 saturated carbocycles. The van der Waals surface area contributed by atoms with Gasteiger partial charge < -0.3 is 14.4 Å². The molecule has 1 aromatic rings. The summed E-state index contributed by atoms with van der Waals surface area (Å²) < 4.78 is 11.1. The Hall–Kier alpha value is -2.04. The maximum absolute atomic E-state index is 12.7. The fraction of sp³-hybridized carbons (Fsp3) is 0.500. The van der Waals surface area contributed by atoms with E-state index in [0.717, 1.165) is 25.8 Å². The molecule has 1 atom stereocenters. The van der Waals surface area contributed by atoms with E-state index in [1.165, 1.54) is 0 Å². The maximum atomic E-state index is 12.7. The number of aliphatic imine (C=N–C) groups is 1. The van der Waals surface area contributed by atoms with Crippen LogP contribution in [0, 0.1) is 0 Å². The molecule has 1 fully saturated rings. The van der Waals surface area contributed by atoms with Crippen LogP contribution in [0.2, 0.25) is 0 Å². The number of methoxy groups -OCH3 is 1. The van der Waals surface area contributed by atoms with E-state index in [4.69, 9.17) is 9.47 Å². The standard InChI is InChI=1S/C16H20N2O3/c1-3-7-21-15-9-13-12(8-14(15)20-2)16(19)18-6-4-5-11(18)10-17-13/h8-11H,3-7H2,1-2H3. The van der Waals surface area contributed by atoms with E-state index < -0.39 is 0 Å². The Balaban J connectivity index is 2.02. The Morgan fingerprint density at radius 1 is 1.38 bits per heavy atom. The topological polar surface area (TPSA) is 51.1 Å². The molecule has 0 aliphatic carbocycles. The van der Waals surface area contributed by atoms with Crippen molar-refractivity contribution in [2.24, 2.45) is 4.99 Å². The fourth-order valence-corrected chi connectivity index (χ4v) is 2.83. The number of fused-ring (bicyclic) bond motifs is 2. The summed E-state index contributed by atoms with van der Waals surface area (Å²) in [5, 5.41) is 0. The second kappa shape index (κ2) is 5.76. The number of amides is 1. The molecular formula is C16H20N2O3. The van der Waals surface area contributed by atoms with E-state index in [1.54, 1.807) is 19.2 Å². The molecule has 1 aromatic carbocycles. The van der Waals surface area contributed by atoms with Crippen LogP contribution in [0.5, 0.6) is 11.5 Å². The van der Waals surface area contributed by atoms with Gasteiger partial charge in [-0.25, -0.2) is 0 Å². The van der Waals surface area contributed by atoms with Gasteiger partial charge in [0.15, 0.2) is 11.5 Å². The second-order valence-electron chi connectivity index (χ2n) is 5.35. The van der Waals surface area contributed by atoms with Gasteiger partial charge in [0.2, 0.25) is 0 Å². The van der Waals surface area contributed by atoms with Crippen molar-refractivity contribution in [2.45, 2.75) is 32.2 Å². The lowest BCUT2D eigenvalue weighted by Gasteiger charge is -2.20. The minimum absolute atomic E-state index is 0.0327. The number of ether oxygens (including phenoxy) is 2. The molecule has 1 unspecified atom stereocenters. The van der Waals surface area contributed by atoms with Crippen molar-refractivity contribution in [3.63, 3.8) is 0 Å². The van der Waals surface area contributed by atoms with Crippen LogP contribution in [0.15, 0.2) is 17.1 Å². The first kappa shape index (κ1) is 13.9. The summed E-state index contributed by atoms with van der Waals surface area (Å²) in [4.78, 5) is 19.1. The molecule has 3 rings (SSSR count). The highest BCUT2D eigenvalue weighted by atomic mass is 16.5. The van der Waals surface area contributed by atoms with Gasteiger partial charge >= 0.3 is 0 Å². The van der Waals surface area contributed by atoms with Crippen LogP contribution in [-0.4, -0.2) is 43.3 Å². The van der Waals surface area contributed by atoms with Gasteiger partial charge in [0.1, 0.15) is 0 Å². The molecule has 0 radical (unpaired) electrons. The monoisotopic (exact) mass is 288 g/mol. The van der Waals surface area contributed by atoms with E-state index in [0.29, 0.717) is 29.4 Å². The first-order valence-corrected chi connectivity index (χ1v) is 7.44. The van der Waals surface area contributed by atoms with E-state index >= 15 is 0 Å². The van der Waals surface area contributed by atoms with Crippen LogP contribution in [0.3, 0.4) is 0 Å². The van der Waals surface area contributed by atoms with Crippen molar-refractivity contribution in [3.05, 3.63) is 17.7 Å². The Kier molecular flexibility index (Phi) is 3.82. The van der Waals surface area contributed by atoms with Gasteiger partial charge in [-0.3, -0.25) is 9.79 Å². The van der Waals surface area contributed by atoms with Crippen molar-refractivity contribution in [3.8, 4) is 11.5 Å². The van der Waals surface area contributed by atoms with Crippen LogP contribution in [0.4, 0.5) is 5.69 Å². The SMILES string of the molecule is CCCOc1cc2c(cc1OC)C(=O)N1CCCC1C=N2. The van der Waals surface area contributed by atoms with Gasteiger partial charge in [-0.05, 0) is 25.3 Å². The van der Waals surface area contributed by atoms with Gasteiger partial charge in [-0.2, -0.15) is 0 Å². The zero-order valence-electron chi connectivity index (χ0n) is 12.5. The highest BCUT2D eigenvalue weighted by molar-refractivity contribution is 6.03. The molecule has 21 heavy (non-hydrogen) atoms. The summed E-state index contributed by atoms with van der Waals surface area (Å²) in [7, 11) is 1.59. The van der Waals surface area contributed by atoms with Crippen LogP contribution >= 0.6 is 0 Å². The smallest absolute Gasteiger partial charge is 0.256 e. The molecule has 0 N–H and O–H groups in total. The molecule has 2 aliphatic heterocycles. The normalized spacial score (nSPS) is 20.0. The lowest BCUT2D eigenvalue weighted by Crippen LogP contribution is -2.35. The molecule has 1 amide bonds. The van der Waals surface area contributed by atoms with E-state index in [2.05, 4.69) is 4.99 Å². The molecule has 112 valence electrons. The van der Waals surface area contributed by atoms with E-state index in [-0.39, 0.29) is 11.9 Å². The molecule has 2 heterocycles. The molecule has 0 spiro atoms. The maximum Gasteiger partial charge on any atom is 0.256 e. The van der Waals surface area contributed by atoms with Crippen LogP contribution < -0.4 is 9.47 Å². The predicted octanol–water partition coefficient (Wildman–Crippen LogP) is 2.80. The summed E-state index contributed by atoms with van der Waals surface area (Å²) in [6.07, 6.45) is 4.82. The molecule has 5 heteroatoms. The van der Waals surface area contributed by atoms with Crippen LogP contribution in [-0.2, 0) is 0 Å². The van der Waals surface area contributed by atoms with Crippen molar-refractivity contribution in [1.82, 2.24) is 4.90 Å². The molecular weight excluding hydrogens is 268 g/mol. The Morgan fingerprint density at radius 2 is 2.24 bits per heavy atom. The lowest BCUT2D eigenvalue weighted by molar-refractivity contribution is 0.0774. The van der Waals surface area contributed by atoms with Crippen LogP contribution in [0.25, 0.3) is 0 Å². The first-order chi connectivity index (χ1) is 10.2. The third-order valence-electron chi connectivity index (χ3n) is 3.92. The zero-order valence-corrected chi connectivity index (χ0v) is 12.5. The highest BCUT2D eigenvalue weighted by Crippen LogP contribution is 2.37. The highest BCUT2D eigenvalue weighted by Gasteiger charge is 2.32. The quantitative estimate of drug-likeness (QED) is 0.856. The van der Waals surface area contributed by atoms with Crippen molar-refractivity contribution in [1.29, 1.82) is 0 Å². The minimum atomic E-state index is 0.0327.